The summed E-state index contributed by atoms with van der Waals surface area (Å²) in [4.78, 5) is 37.6. The molecule has 32 heavy (non-hydrogen) atoms. The van der Waals surface area contributed by atoms with E-state index in [4.69, 9.17) is 9.47 Å². The molecule has 8 heteroatoms. The number of hydrogen-bond acceptors (Lipinski definition) is 6. The van der Waals surface area contributed by atoms with Crippen LogP contribution in [-0.4, -0.2) is 42.3 Å². The molecule has 2 unspecified atom stereocenters. The summed E-state index contributed by atoms with van der Waals surface area (Å²) in [5.41, 5.74) is 1.56. The minimum absolute atomic E-state index is 0.0765. The fourth-order valence-corrected chi connectivity index (χ4v) is 3.06. The van der Waals surface area contributed by atoms with Crippen molar-refractivity contribution in [2.75, 3.05) is 7.11 Å². The number of esters is 1. The van der Waals surface area contributed by atoms with E-state index in [-0.39, 0.29) is 24.7 Å². The van der Waals surface area contributed by atoms with E-state index in [1.807, 2.05) is 44.2 Å². The number of hydrogen-bond donors (Lipinski definition) is 3. The van der Waals surface area contributed by atoms with Crippen LogP contribution >= 0.6 is 0 Å². The standard InChI is InChI=1S/C24H30N2O6/c1-4-16(2)21(26-24(30)32-15-18-8-6-5-7-9-18)22(28)25-20(23(29)31-3)14-17-10-12-19(27)13-11-17/h5-13,16,20-21,27H,4,14-15H2,1-3H3,(H,25,28)(H,26,30)/t16?,20-,21?/m0/s1. The quantitative estimate of drug-likeness (QED) is 0.488. The Hall–Kier alpha value is -3.55. The first-order valence-corrected chi connectivity index (χ1v) is 10.5. The van der Waals surface area contributed by atoms with E-state index in [1.54, 1.807) is 12.1 Å². The molecule has 0 radical (unpaired) electrons. The summed E-state index contributed by atoms with van der Waals surface area (Å²) in [5, 5.41) is 14.7. The summed E-state index contributed by atoms with van der Waals surface area (Å²) in [5.74, 6) is -1.22. The number of carbonyl (C=O) groups excluding carboxylic acids is 3. The van der Waals surface area contributed by atoms with Crippen LogP contribution in [0, 0.1) is 5.92 Å². The zero-order valence-corrected chi connectivity index (χ0v) is 18.5. The highest BCUT2D eigenvalue weighted by molar-refractivity contribution is 5.90. The summed E-state index contributed by atoms with van der Waals surface area (Å²) in [7, 11) is 1.24. The van der Waals surface area contributed by atoms with Crippen molar-refractivity contribution in [3.63, 3.8) is 0 Å². The van der Waals surface area contributed by atoms with Crippen LogP contribution < -0.4 is 10.6 Å². The summed E-state index contributed by atoms with van der Waals surface area (Å²) in [6.07, 6.45) is 0.0740. The summed E-state index contributed by atoms with van der Waals surface area (Å²) in [6, 6.07) is 13.7. The Labute approximate surface area is 187 Å². The van der Waals surface area contributed by atoms with Crippen molar-refractivity contribution in [2.24, 2.45) is 5.92 Å². The number of nitrogens with one attached hydrogen (secondary N) is 2. The Morgan fingerprint density at radius 3 is 2.22 bits per heavy atom. The molecule has 0 saturated heterocycles. The molecule has 3 N–H and O–H groups in total. The van der Waals surface area contributed by atoms with Gasteiger partial charge in [0.25, 0.3) is 0 Å². The molecule has 2 rings (SSSR count). The lowest BCUT2D eigenvalue weighted by atomic mass is 9.97. The zero-order valence-electron chi connectivity index (χ0n) is 18.5. The monoisotopic (exact) mass is 442 g/mol. The number of carbonyl (C=O) groups is 3. The third-order valence-corrected chi connectivity index (χ3v) is 5.16. The highest BCUT2D eigenvalue weighted by Crippen LogP contribution is 2.13. The van der Waals surface area contributed by atoms with Crippen molar-refractivity contribution >= 4 is 18.0 Å². The number of phenols is 1. The maximum atomic E-state index is 13.0. The Bertz CT molecular complexity index is 885. The van der Waals surface area contributed by atoms with Crippen LogP contribution in [0.5, 0.6) is 5.75 Å². The van der Waals surface area contributed by atoms with E-state index in [1.165, 1.54) is 19.2 Å². The summed E-state index contributed by atoms with van der Waals surface area (Å²) in [6.45, 7) is 3.80. The smallest absolute Gasteiger partial charge is 0.408 e. The van der Waals surface area contributed by atoms with Gasteiger partial charge in [-0.1, -0.05) is 62.7 Å². The van der Waals surface area contributed by atoms with E-state index in [0.29, 0.717) is 6.42 Å². The molecule has 0 saturated carbocycles. The third kappa shape index (κ3) is 7.61. The second-order valence-electron chi connectivity index (χ2n) is 7.52. The molecule has 8 nitrogen and oxygen atoms in total. The molecule has 0 fully saturated rings. The number of benzene rings is 2. The fraction of sp³-hybridized carbons (Fsp3) is 0.375. The van der Waals surface area contributed by atoms with Crippen LogP contribution in [0.2, 0.25) is 0 Å². The Morgan fingerprint density at radius 2 is 1.62 bits per heavy atom. The molecule has 0 spiro atoms. The van der Waals surface area contributed by atoms with E-state index in [9.17, 15) is 19.5 Å². The maximum absolute atomic E-state index is 13.0. The molecule has 0 bridgehead atoms. The van der Waals surface area contributed by atoms with Gasteiger partial charge in [0.05, 0.1) is 7.11 Å². The van der Waals surface area contributed by atoms with E-state index < -0.39 is 30.1 Å². The molecule has 172 valence electrons. The number of aromatic hydroxyl groups is 1. The van der Waals surface area contributed by atoms with Crippen molar-refractivity contribution in [3.05, 3.63) is 65.7 Å². The Balaban J connectivity index is 2.05. The van der Waals surface area contributed by atoms with Crippen molar-refractivity contribution in [2.45, 2.75) is 45.4 Å². The van der Waals surface area contributed by atoms with Crippen molar-refractivity contribution in [1.82, 2.24) is 10.6 Å². The normalized spacial score (nSPS) is 13.3. The van der Waals surface area contributed by atoms with Gasteiger partial charge < -0.3 is 25.2 Å². The molecule has 3 atom stereocenters. The van der Waals surface area contributed by atoms with Crippen LogP contribution in [0.3, 0.4) is 0 Å². The molecular weight excluding hydrogens is 412 g/mol. The Morgan fingerprint density at radius 1 is 0.969 bits per heavy atom. The van der Waals surface area contributed by atoms with Gasteiger partial charge >= 0.3 is 12.1 Å². The van der Waals surface area contributed by atoms with E-state index in [0.717, 1.165) is 11.1 Å². The van der Waals surface area contributed by atoms with Gasteiger partial charge in [0.15, 0.2) is 0 Å². The molecule has 2 amide bonds. The molecule has 0 aromatic heterocycles. The van der Waals surface area contributed by atoms with Gasteiger partial charge in [0.2, 0.25) is 5.91 Å². The van der Waals surface area contributed by atoms with Gasteiger partial charge in [0, 0.05) is 6.42 Å². The highest BCUT2D eigenvalue weighted by atomic mass is 16.5. The lowest BCUT2D eigenvalue weighted by Gasteiger charge is -2.25. The van der Waals surface area contributed by atoms with E-state index in [2.05, 4.69) is 10.6 Å². The molecular formula is C24H30N2O6. The van der Waals surface area contributed by atoms with Crippen molar-refractivity contribution in [3.8, 4) is 5.75 Å². The van der Waals surface area contributed by atoms with Crippen LogP contribution in [0.1, 0.15) is 31.4 Å². The topological polar surface area (TPSA) is 114 Å². The first kappa shape index (κ1) is 24.7. The first-order valence-electron chi connectivity index (χ1n) is 10.5. The van der Waals surface area contributed by atoms with Gasteiger partial charge in [-0.15, -0.1) is 0 Å². The molecule has 0 heterocycles. The average molecular weight is 443 g/mol. The predicted octanol–water partition coefficient (Wildman–Crippen LogP) is 2.93. The number of rotatable bonds is 10. The van der Waals surface area contributed by atoms with Gasteiger partial charge in [-0.3, -0.25) is 4.79 Å². The van der Waals surface area contributed by atoms with Crippen molar-refractivity contribution < 1.29 is 29.0 Å². The van der Waals surface area contributed by atoms with Gasteiger partial charge in [-0.2, -0.15) is 0 Å². The minimum atomic E-state index is -0.953. The molecule has 0 aliphatic rings. The average Bonchev–Trinajstić information content (AvgIpc) is 2.81. The zero-order chi connectivity index (χ0) is 23.5. The molecule has 0 aliphatic carbocycles. The number of methoxy groups -OCH3 is 1. The lowest BCUT2D eigenvalue weighted by molar-refractivity contribution is -0.145. The third-order valence-electron chi connectivity index (χ3n) is 5.16. The first-order chi connectivity index (χ1) is 15.3. The SMILES string of the molecule is CCC(C)C(NC(=O)OCc1ccccc1)C(=O)N[C@@H](Cc1ccc(O)cc1)C(=O)OC. The largest absolute Gasteiger partial charge is 0.508 e. The van der Waals surface area contributed by atoms with Gasteiger partial charge in [-0.05, 0) is 29.2 Å². The number of ether oxygens (including phenoxy) is 2. The van der Waals surface area contributed by atoms with E-state index >= 15 is 0 Å². The second-order valence-corrected chi connectivity index (χ2v) is 7.52. The second kappa shape index (κ2) is 12.3. The van der Waals surface area contributed by atoms with Crippen LogP contribution in [0.25, 0.3) is 0 Å². The molecule has 2 aromatic carbocycles. The Kier molecular flexibility index (Phi) is 9.53. The molecule has 2 aromatic rings. The molecule has 0 aliphatic heterocycles. The van der Waals surface area contributed by atoms with Crippen LogP contribution in [-0.2, 0) is 32.1 Å². The lowest BCUT2D eigenvalue weighted by Crippen LogP contribution is -2.54. The number of phenolic OH excluding ortho intramolecular Hbond substituents is 1. The number of alkyl carbamates (subject to hydrolysis) is 1. The van der Waals surface area contributed by atoms with Crippen molar-refractivity contribution in [1.29, 1.82) is 0 Å². The summed E-state index contributed by atoms with van der Waals surface area (Å²) < 4.78 is 10.1. The number of amides is 2. The summed E-state index contributed by atoms with van der Waals surface area (Å²) >= 11 is 0. The highest BCUT2D eigenvalue weighted by Gasteiger charge is 2.30. The van der Waals surface area contributed by atoms with Crippen LogP contribution in [0.4, 0.5) is 4.79 Å². The fourth-order valence-electron chi connectivity index (χ4n) is 3.06. The minimum Gasteiger partial charge on any atom is -0.508 e. The van der Waals surface area contributed by atoms with Gasteiger partial charge in [0.1, 0.15) is 24.4 Å². The maximum Gasteiger partial charge on any atom is 0.408 e. The van der Waals surface area contributed by atoms with Crippen LogP contribution in [0.15, 0.2) is 54.6 Å². The predicted molar refractivity (Wildman–Crippen MR) is 119 cm³/mol. The van der Waals surface area contributed by atoms with Gasteiger partial charge in [-0.25, -0.2) is 9.59 Å².